The summed E-state index contributed by atoms with van der Waals surface area (Å²) < 4.78 is 5.51. The van der Waals surface area contributed by atoms with Crippen LogP contribution < -0.4 is 10.2 Å². The SMILES string of the molecule is O=C(NC1CCN(c2ccccn2)C1)N1CCOCC1c1ncn[nH]1. The minimum atomic E-state index is -0.232. The van der Waals surface area contributed by atoms with Gasteiger partial charge in [0.25, 0.3) is 0 Å². The maximum Gasteiger partial charge on any atom is 0.318 e. The van der Waals surface area contributed by atoms with Crippen LogP contribution in [0.25, 0.3) is 0 Å². The Hall–Kier alpha value is -2.68. The summed E-state index contributed by atoms with van der Waals surface area (Å²) in [6.07, 6.45) is 4.14. The van der Waals surface area contributed by atoms with E-state index < -0.39 is 0 Å². The van der Waals surface area contributed by atoms with Crippen molar-refractivity contribution in [1.29, 1.82) is 0 Å². The van der Waals surface area contributed by atoms with Gasteiger partial charge in [-0.2, -0.15) is 5.10 Å². The number of carbonyl (C=O) groups is 1. The summed E-state index contributed by atoms with van der Waals surface area (Å²) >= 11 is 0. The Bertz CT molecular complexity index is 694. The molecule has 4 heterocycles. The topological polar surface area (TPSA) is 99.3 Å². The lowest BCUT2D eigenvalue weighted by Crippen LogP contribution is -2.51. The Labute approximate surface area is 145 Å². The molecule has 2 saturated heterocycles. The van der Waals surface area contributed by atoms with Crippen molar-refractivity contribution in [3.05, 3.63) is 36.5 Å². The van der Waals surface area contributed by atoms with Crippen molar-refractivity contribution in [2.24, 2.45) is 0 Å². The third kappa shape index (κ3) is 3.41. The second-order valence-corrected chi connectivity index (χ2v) is 6.22. The minimum absolute atomic E-state index is 0.0856. The average Bonchev–Trinajstić information content (AvgIpc) is 3.34. The highest BCUT2D eigenvalue weighted by Crippen LogP contribution is 2.22. The monoisotopic (exact) mass is 343 g/mol. The third-order valence-electron chi connectivity index (χ3n) is 4.63. The lowest BCUT2D eigenvalue weighted by Gasteiger charge is -2.34. The zero-order valence-electron chi connectivity index (χ0n) is 13.8. The number of amides is 2. The average molecular weight is 343 g/mol. The standard InChI is InChI=1S/C16H21N7O2/c24-16(23-7-8-25-10-13(23)15-18-11-19-21-15)20-12-4-6-22(9-12)14-3-1-2-5-17-14/h1-3,5,11-13H,4,6-10H2,(H,20,24)(H,18,19,21). The van der Waals surface area contributed by atoms with Gasteiger partial charge in [0.2, 0.25) is 0 Å². The molecule has 25 heavy (non-hydrogen) atoms. The first-order valence-electron chi connectivity index (χ1n) is 8.47. The number of anilines is 1. The van der Waals surface area contributed by atoms with Crippen LogP contribution in [0, 0.1) is 0 Å². The number of aromatic amines is 1. The first-order chi connectivity index (χ1) is 12.3. The van der Waals surface area contributed by atoms with Crippen molar-refractivity contribution in [3.8, 4) is 0 Å². The fourth-order valence-electron chi connectivity index (χ4n) is 3.33. The van der Waals surface area contributed by atoms with Crippen LogP contribution in [0.5, 0.6) is 0 Å². The van der Waals surface area contributed by atoms with E-state index in [1.54, 1.807) is 11.1 Å². The molecule has 0 saturated carbocycles. The first kappa shape index (κ1) is 15.8. The molecule has 9 heteroatoms. The van der Waals surface area contributed by atoms with Gasteiger partial charge in [0, 0.05) is 31.9 Å². The van der Waals surface area contributed by atoms with E-state index in [1.165, 1.54) is 6.33 Å². The van der Waals surface area contributed by atoms with E-state index in [4.69, 9.17) is 4.74 Å². The molecule has 9 nitrogen and oxygen atoms in total. The normalized spacial score (nSPS) is 23.7. The van der Waals surface area contributed by atoms with Crippen molar-refractivity contribution < 1.29 is 9.53 Å². The Morgan fingerprint density at radius 1 is 1.32 bits per heavy atom. The second-order valence-electron chi connectivity index (χ2n) is 6.22. The number of nitrogens with one attached hydrogen (secondary N) is 2. The molecule has 2 N–H and O–H groups in total. The van der Waals surface area contributed by atoms with Crippen LogP contribution >= 0.6 is 0 Å². The number of urea groups is 1. The highest BCUT2D eigenvalue weighted by atomic mass is 16.5. The van der Waals surface area contributed by atoms with E-state index in [9.17, 15) is 4.79 Å². The summed E-state index contributed by atoms with van der Waals surface area (Å²) in [5.41, 5.74) is 0. The van der Waals surface area contributed by atoms with Gasteiger partial charge >= 0.3 is 6.03 Å². The van der Waals surface area contributed by atoms with E-state index in [-0.39, 0.29) is 18.1 Å². The van der Waals surface area contributed by atoms with Crippen molar-refractivity contribution in [2.75, 3.05) is 37.7 Å². The Morgan fingerprint density at radius 2 is 2.28 bits per heavy atom. The van der Waals surface area contributed by atoms with Gasteiger partial charge < -0.3 is 19.9 Å². The molecule has 2 amide bonds. The number of ether oxygens (including phenoxy) is 1. The Balaban J connectivity index is 1.38. The van der Waals surface area contributed by atoms with Crippen molar-refractivity contribution in [2.45, 2.75) is 18.5 Å². The number of rotatable bonds is 3. The van der Waals surface area contributed by atoms with E-state index >= 15 is 0 Å². The van der Waals surface area contributed by atoms with Gasteiger partial charge in [0.05, 0.1) is 13.2 Å². The highest BCUT2D eigenvalue weighted by Gasteiger charge is 2.33. The number of hydrogen-bond donors (Lipinski definition) is 2. The zero-order valence-corrected chi connectivity index (χ0v) is 13.8. The number of aromatic nitrogens is 4. The molecule has 2 atom stereocenters. The molecule has 0 spiro atoms. The molecule has 132 valence electrons. The Kier molecular flexibility index (Phi) is 4.47. The smallest absolute Gasteiger partial charge is 0.318 e. The first-order valence-corrected chi connectivity index (χ1v) is 8.47. The van der Waals surface area contributed by atoms with E-state index in [2.05, 4.69) is 30.4 Å². The van der Waals surface area contributed by atoms with E-state index in [0.717, 1.165) is 25.3 Å². The fourth-order valence-corrected chi connectivity index (χ4v) is 3.33. The predicted molar refractivity (Wildman–Crippen MR) is 90.0 cm³/mol. The lowest BCUT2D eigenvalue weighted by atomic mass is 10.2. The van der Waals surface area contributed by atoms with Crippen LogP contribution in [0.1, 0.15) is 18.3 Å². The summed E-state index contributed by atoms with van der Waals surface area (Å²) in [5.74, 6) is 1.60. The molecule has 2 aliphatic rings. The summed E-state index contributed by atoms with van der Waals surface area (Å²) in [5, 5.41) is 9.85. The van der Waals surface area contributed by atoms with Gasteiger partial charge in [-0.3, -0.25) is 5.10 Å². The van der Waals surface area contributed by atoms with Crippen LogP contribution in [-0.4, -0.2) is 70.0 Å². The quantitative estimate of drug-likeness (QED) is 0.845. The van der Waals surface area contributed by atoms with E-state index in [1.807, 2.05) is 18.2 Å². The zero-order chi connectivity index (χ0) is 17.1. The van der Waals surface area contributed by atoms with Crippen molar-refractivity contribution in [1.82, 2.24) is 30.4 Å². The number of carbonyl (C=O) groups excluding carboxylic acids is 1. The molecule has 0 bridgehead atoms. The number of pyridine rings is 1. The van der Waals surface area contributed by atoms with Gasteiger partial charge in [-0.25, -0.2) is 14.8 Å². The maximum absolute atomic E-state index is 12.8. The number of hydrogen-bond acceptors (Lipinski definition) is 6. The molecular weight excluding hydrogens is 322 g/mol. The van der Waals surface area contributed by atoms with Crippen LogP contribution in [0.4, 0.5) is 10.6 Å². The van der Waals surface area contributed by atoms with Crippen molar-refractivity contribution in [3.63, 3.8) is 0 Å². The number of H-pyrrole nitrogens is 1. The summed E-state index contributed by atoms with van der Waals surface area (Å²) in [6, 6.07) is 5.66. The molecule has 2 fully saturated rings. The summed E-state index contributed by atoms with van der Waals surface area (Å²) in [4.78, 5) is 25.3. The number of nitrogens with zero attached hydrogens (tertiary/aromatic N) is 5. The molecule has 4 rings (SSSR count). The molecule has 2 aromatic heterocycles. The Morgan fingerprint density at radius 3 is 3.08 bits per heavy atom. The summed E-state index contributed by atoms with van der Waals surface area (Å²) in [6.45, 7) is 3.14. The lowest BCUT2D eigenvalue weighted by molar-refractivity contribution is 0.00826. The highest BCUT2D eigenvalue weighted by molar-refractivity contribution is 5.75. The van der Waals surface area contributed by atoms with Crippen LogP contribution in [0.2, 0.25) is 0 Å². The largest absolute Gasteiger partial charge is 0.377 e. The molecule has 2 unspecified atom stereocenters. The van der Waals surface area contributed by atoms with Crippen LogP contribution in [0.3, 0.4) is 0 Å². The summed E-state index contributed by atoms with van der Waals surface area (Å²) in [7, 11) is 0. The molecule has 2 aromatic rings. The molecule has 0 aliphatic carbocycles. The molecule has 0 radical (unpaired) electrons. The van der Waals surface area contributed by atoms with Crippen LogP contribution in [-0.2, 0) is 4.74 Å². The molecule has 2 aliphatic heterocycles. The van der Waals surface area contributed by atoms with Gasteiger partial charge in [-0.15, -0.1) is 0 Å². The van der Waals surface area contributed by atoms with Crippen molar-refractivity contribution >= 4 is 11.8 Å². The maximum atomic E-state index is 12.8. The third-order valence-corrected chi connectivity index (χ3v) is 4.63. The molecule has 0 aromatic carbocycles. The fraction of sp³-hybridized carbons (Fsp3) is 0.500. The second kappa shape index (κ2) is 7.06. The van der Waals surface area contributed by atoms with Crippen LogP contribution in [0.15, 0.2) is 30.7 Å². The van der Waals surface area contributed by atoms with E-state index in [0.29, 0.717) is 25.6 Å². The van der Waals surface area contributed by atoms with Gasteiger partial charge in [-0.1, -0.05) is 6.07 Å². The predicted octanol–water partition coefficient (Wildman–Crippen LogP) is 0.561. The minimum Gasteiger partial charge on any atom is -0.377 e. The van der Waals surface area contributed by atoms with Gasteiger partial charge in [-0.05, 0) is 18.6 Å². The number of morpholine rings is 1. The van der Waals surface area contributed by atoms with Gasteiger partial charge in [0.1, 0.15) is 24.0 Å². The van der Waals surface area contributed by atoms with Gasteiger partial charge in [0.15, 0.2) is 0 Å². The molecular formula is C16H21N7O2.